The molecule has 0 amide bonds. The van der Waals surface area contributed by atoms with Crippen molar-refractivity contribution in [1.29, 1.82) is 0 Å². The van der Waals surface area contributed by atoms with Crippen molar-refractivity contribution in [3.8, 4) is 0 Å². The molecule has 1 aliphatic heterocycles. The van der Waals surface area contributed by atoms with E-state index >= 15 is 0 Å². The molecule has 0 spiro atoms. The molecule has 0 aliphatic carbocycles. The molecule has 0 aromatic carbocycles. The van der Waals surface area contributed by atoms with Gasteiger partial charge in [-0.2, -0.15) is 9.61 Å². The molecule has 0 radical (unpaired) electrons. The highest BCUT2D eigenvalue weighted by molar-refractivity contribution is 5.49. The van der Waals surface area contributed by atoms with Gasteiger partial charge in [-0.25, -0.2) is 8.78 Å². The van der Waals surface area contributed by atoms with Gasteiger partial charge in [-0.05, 0) is 18.2 Å². The molecule has 126 valence electrons. The van der Waals surface area contributed by atoms with Crippen LogP contribution in [0.4, 0.5) is 14.6 Å². The zero-order valence-corrected chi connectivity index (χ0v) is 13.1. The topological polar surface area (TPSA) is 73.4 Å². The zero-order chi connectivity index (χ0) is 16.9. The molecule has 1 fully saturated rings. The Hall–Kier alpha value is -2.62. The second-order valence-electron chi connectivity index (χ2n) is 5.71. The number of aryl methyl sites for hydroxylation is 1. The average Bonchev–Trinajstić information content (AvgIpc) is 3.13. The minimum absolute atomic E-state index is 0.291. The molecule has 10 heteroatoms. The summed E-state index contributed by atoms with van der Waals surface area (Å²) in [6.45, 7) is 1.10. The van der Waals surface area contributed by atoms with E-state index in [1.165, 1.54) is 0 Å². The maximum Gasteiger partial charge on any atom is 0.299 e. The molecular weight excluding hydrogens is 320 g/mol. The molecule has 4 heterocycles. The van der Waals surface area contributed by atoms with Crippen molar-refractivity contribution in [2.75, 3.05) is 25.1 Å². The van der Waals surface area contributed by atoms with Crippen molar-refractivity contribution in [1.82, 2.24) is 29.6 Å². The Morgan fingerprint density at radius 1 is 1.21 bits per heavy atom. The van der Waals surface area contributed by atoms with Crippen LogP contribution in [0.1, 0.15) is 17.9 Å². The molecule has 1 saturated heterocycles. The van der Waals surface area contributed by atoms with Crippen LogP contribution in [-0.4, -0.2) is 49.8 Å². The number of fused-ring (bicyclic) bond motifs is 1. The molecule has 0 N–H and O–H groups in total. The molecule has 1 aliphatic rings. The Morgan fingerprint density at radius 2 is 2.00 bits per heavy atom. The third-order valence-corrected chi connectivity index (χ3v) is 4.36. The van der Waals surface area contributed by atoms with Crippen molar-refractivity contribution in [2.24, 2.45) is 7.05 Å². The Balaban J connectivity index is 1.63. The summed E-state index contributed by atoms with van der Waals surface area (Å²) in [5, 5.41) is 15.6. The van der Waals surface area contributed by atoms with Crippen molar-refractivity contribution >= 4 is 11.5 Å². The van der Waals surface area contributed by atoms with E-state index in [0.717, 1.165) is 10.2 Å². The third kappa shape index (κ3) is 2.06. The van der Waals surface area contributed by atoms with Gasteiger partial charge in [0.25, 0.3) is 6.43 Å². The lowest BCUT2D eigenvalue weighted by Crippen LogP contribution is -2.61. The SMILES string of the molecule is COC1(c2ccnn2C)CN(c2ccc3nnc(C(F)F)n3n2)C1. The Kier molecular flexibility index (Phi) is 3.23. The fourth-order valence-electron chi connectivity index (χ4n) is 3.05. The lowest BCUT2D eigenvalue weighted by molar-refractivity contribution is -0.0448. The summed E-state index contributed by atoms with van der Waals surface area (Å²) in [6.07, 6.45) is -1.01. The van der Waals surface area contributed by atoms with E-state index < -0.39 is 17.9 Å². The Bertz CT molecular complexity index is 884. The number of rotatable bonds is 4. The number of methoxy groups -OCH3 is 1. The van der Waals surface area contributed by atoms with Gasteiger partial charge in [0.05, 0.1) is 18.8 Å². The van der Waals surface area contributed by atoms with E-state index in [1.54, 1.807) is 30.1 Å². The highest BCUT2D eigenvalue weighted by Gasteiger charge is 2.47. The number of ether oxygens (including phenoxy) is 1. The summed E-state index contributed by atoms with van der Waals surface area (Å²) in [4.78, 5) is 1.95. The Labute approximate surface area is 135 Å². The van der Waals surface area contributed by atoms with E-state index in [2.05, 4.69) is 20.4 Å². The van der Waals surface area contributed by atoms with Gasteiger partial charge in [-0.1, -0.05) is 0 Å². The number of alkyl halides is 2. The smallest absolute Gasteiger partial charge is 0.299 e. The summed E-state index contributed by atoms with van der Waals surface area (Å²) in [5.74, 6) is 0.107. The van der Waals surface area contributed by atoms with E-state index in [4.69, 9.17) is 4.74 Å². The number of anilines is 1. The van der Waals surface area contributed by atoms with E-state index in [1.807, 2.05) is 18.0 Å². The van der Waals surface area contributed by atoms with Crippen LogP contribution >= 0.6 is 0 Å². The molecule has 0 atom stereocenters. The highest BCUT2D eigenvalue weighted by atomic mass is 19.3. The highest BCUT2D eigenvalue weighted by Crippen LogP contribution is 2.37. The van der Waals surface area contributed by atoms with Gasteiger partial charge in [0.1, 0.15) is 11.4 Å². The van der Waals surface area contributed by atoms with Crippen LogP contribution in [0, 0.1) is 0 Å². The summed E-state index contributed by atoms with van der Waals surface area (Å²) < 4.78 is 34.5. The van der Waals surface area contributed by atoms with Crippen LogP contribution in [0.15, 0.2) is 24.4 Å². The van der Waals surface area contributed by atoms with Crippen LogP contribution in [0.25, 0.3) is 5.65 Å². The predicted octanol–water partition coefficient (Wildman–Crippen LogP) is 1.16. The number of hydrogen-bond donors (Lipinski definition) is 0. The first-order valence-electron chi connectivity index (χ1n) is 7.33. The summed E-state index contributed by atoms with van der Waals surface area (Å²) in [7, 11) is 3.50. The summed E-state index contributed by atoms with van der Waals surface area (Å²) in [6, 6.07) is 5.27. The zero-order valence-electron chi connectivity index (χ0n) is 13.1. The predicted molar refractivity (Wildman–Crippen MR) is 79.8 cm³/mol. The van der Waals surface area contributed by atoms with Crippen LogP contribution < -0.4 is 4.90 Å². The molecule has 8 nitrogen and oxygen atoms in total. The number of nitrogens with zero attached hydrogens (tertiary/aromatic N) is 7. The quantitative estimate of drug-likeness (QED) is 0.712. The average molecular weight is 335 g/mol. The lowest BCUT2D eigenvalue weighted by atomic mass is 9.90. The van der Waals surface area contributed by atoms with E-state index in [-0.39, 0.29) is 0 Å². The lowest BCUT2D eigenvalue weighted by Gasteiger charge is -2.49. The molecular formula is C14H15F2N7O. The van der Waals surface area contributed by atoms with Crippen LogP contribution in [0.2, 0.25) is 0 Å². The van der Waals surface area contributed by atoms with Crippen LogP contribution in [-0.2, 0) is 17.4 Å². The summed E-state index contributed by atoms with van der Waals surface area (Å²) in [5.41, 5.74) is 0.764. The fraction of sp³-hybridized carbons (Fsp3) is 0.429. The van der Waals surface area contributed by atoms with Gasteiger partial charge in [0, 0.05) is 20.4 Å². The summed E-state index contributed by atoms with van der Waals surface area (Å²) >= 11 is 0. The van der Waals surface area contributed by atoms with Crippen LogP contribution in [0.3, 0.4) is 0 Å². The molecule has 24 heavy (non-hydrogen) atoms. The van der Waals surface area contributed by atoms with E-state index in [9.17, 15) is 8.78 Å². The molecule has 0 unspecified atom stereocenters. The third-order valence-electron chi connectivity index (χ3n) is 4.36. The second kappa shape index (κ2) is 5.20. The Morgan fingerprint density at radius 3 is 2.62 bits per heavy atom. The number of aromatic nitrogens is 6. The molecule has 4 rings (SSSR count). The maximum absolute atomic E-state index is 13.0. The molecule has 0 saturated carbocycles. The first kappa shape index (κ1) is 14.9. The van der Waals surface area contributed by atoms with Crippen molar-refractivity contribution in [3.05, 3.63) is 35.9 Å². The maximum atomic E-state index is 13.0. The van der Waals surface area contributed by atoms with Gasteiger partial charge in [0.15, 0.2) is 5.65 Å². The standard InChI is InChI=1S/C14H15F2N7O/c1-21-9(5-6-17-21)14(24-2)7-22(8-14)11-4-3-10-18-19-13(12(15)16)23(10)20-11/h3-6,12H,7-8H2,1-2H3. The minimum Gasteiger partial charge on any atom is -0.368 e. The minimum atomic E-state index is -2.73. The molecule has 3 aromatic rings. The second-order valence-corrected chi connectivity index (χ2v) is 5.71. The number of hydrogen-bond acceptors (Lipinski definition) is 6. The monoisotopic (exact) mass is 335 g/mol. The van der Waals surface area contributed by atoms with Crippen molar-refractivity contribution < 1.29 is 13.5 Å². The first-order chi connectivity index (χ1) is 11.5. The van der Waals surface area contributed by atoms with Crippen molar-refractivity contribution in [2.45, 2.75) is 12.0 Å². The van der Waals surface area contributed by atoms with Crippen LogP contribution in [0.5, 0.6) is 0 Å². The largest absolute Gasteiger partial charge is 0.368 e. The van der Waals surface area contributed by atoms with E-state index in [0.29, 0.717) is 24.6 Å². The normalized spacial score (nSPS) is 16.8. The molecule has 0 bridgehead atoms. The van der Waals surface area contributed by atoms with Gasteiger partial charge in [-0.15, -0.1) is 15.3 Å². The van der Waals surface area contributed by atoms with Gasteiger partial charge in [-0.3, -0.25) is 4.68 Å². The first-order valence-corrected chi connectivity index (χ1v) is 7.33. The van der Waals surface area contributed by atoms with Gasteiger partial charge >= 0.3 is 0 Å². The van der Waals surface area contributed by atoms with Gasteiger partial charge < -0.3 is 9.64 Å². The molecule has 3 aromatic heterocycles. The fourth-order valence-corrected chi connectivity index (χ4v) is 3.05. The number of halogens is 2. The van der Waals surface area contributed by atoms with Gasteiger partial charge in [0.2, 0.25) is 5.82 Å². The van der Waals surface area contributed by atoms with Crippen molar-refractivity contribution in [3.63, 3.8) is 0 Å².